The van der Waals surface area contributed by atoms with Gasteiger partial charge in [-0.3, -0.25) is 4.90 Å². The van der Waals surface area contributed by atoms with E-state index in [9.17, 15) is 0 Å². The van der Waals surface area contributed by atoms with Crippen molar-refractivity contribution in [3.05, 3.63) is 0 Å². The van der Waals surface area contributed by atoms with Crippen LogP contribution in [0.2, 0.25) is 0 Å². The number of likely N-dealkylation sites (N-methyl/N-ethyl adjacent to an activating group) is 1. The van der Waals surface area contributed by atoms with E-state index in [2.05, 4.69) is 49.9 Å². The normalized spacial score (nSPS) is 22.3. The summed E-state index contributed by atoms with van der Waals surface area (Å²) in [6.45, 7) is 15.1. The van der Waals surface area contributed by atoms with Gasteiger partial charge in [0, 0.05) is 44.3 Å². The third-order valence-corrected chi connectivity index (χ3v) is 3.92. The highest BCUT2D eigenvalue weighted by atomic mass is 15.3. The summed E-state index contributed by atoms with van der Waals surface area (Å²) in [6, 6.07) is 0.652. The second-order valence-electron chi connectivity index (χ2n) is 5.81. The molecule has 0 aliphatic carbocycles. The highest BCUT2D eigenvalue weighted by Gasteiger charge is 2.21. The SMILES string of the molecule is CCC(C)(C)NCC(C)N1CCN(C)CC1. The van der Waals surface area contributed by atoms with Gasteiger partial charge in [0.1, 0.15) is 0 Å². The molecule has 96 valence electrons. The molecule has 1 atom stereocenters. The molecule has 0 aromatic carbocycles. The molecular weight excluding hydrogens is 198 g/mol. The van der Waals surface area contributed by atoms with Crippen LogP contribution in [0.25, 0.3) is 0 Å². The average molecular weight is 227 g/mol. The summed E-state index contributed by atoms with van der Waals surface area (Å²) in [5, 5.41) is 3.66. The van der Waals surface area contributed by atoms with E-state index in [1.165, 1.54) is 32.6 Å². The molecule has 0 saturated carbocycles. The lowest BCUT2D eigenvalue weighted by Crippen LogP contribution is -2.53. The molecule has 1 aliphatic heterocycles. The Kier molecular flexibility index (Phi) is 5.22. The van der Waals surface area contributed by atoms with Crippen LogP contribution in [-0.2, 0) is 0 Å². The molecule has 0 bridgehead atoms. The van der Waals surface area contributed by atoms with E-state index in [1.807, 2.05) is 0 Å². The van der Waals surface area contributed by atoms with E-state index in [0.29, 0.717) is 6.04 Å². The second kappa shape index (κ2) is 5.99. The summed E-state index contributed by atoms with van der Waals surface area (Å²) in [5.41, 5.74) is 0.279. The van der Waals surface area contributed by atoms with Gasteiger partial charge in [-0.25, -0.2) is 0 Å². The summed E-state index contributed by atoms with van der Waals surface area (Å²) >= 11 is 0. The number of nitrogens with zero attached hydrogens (tertiary/aromatic N) is 2. The number of hydrogen-bond acceptors (Lipinski definition) is 3. The quantitative estimate of drug-likeness (QED) is 0.766. The molecule has 0 aromatic rings. The molecule has 1 aliphatic rings. The molecule has 1 unspecified atom stereocenters. The molecule has 3 heteroatoms. The summed E-state index contributed by atoms with van der Waals surface area (Å²) in [5.74, 6) is 0. The van der Waals surface area contributed by atoms with Gasteiger partial charge in [0.25, 0.3) is 0 Å². The molecule has 1 fully saturated rings. The highest BCUT2D eigenvalue weighted by Crippen LogP contribution is 2.09. The lowest BCUT2D eigenvalue weighted by atomic mass is 10.0. The predicted octanol–water partition coefficient (Wildman–Crippen LogP) is 1.40. The van der Waals surface area contributed by atoms with Gasteiger partial charge < -0.3 is 10.2 Å². The van der Waals surface area contributed by atoms with Crippen LogP contribution in [-0.4, -0.2) is 61.2 Å². The van der Waals surface area contributed by atoms with Gasteiger partial charge in [-0.15, -0.1) is 0 Å². The largest absolute Gasteiger partial charge is 0.310 e. The third-order valence-electron chi connectivity index (χ3n) is 3.92. The van der Waals surface area contributed by atoms with Crippen molar-refractivity contribution >= 4 is 0 Å². The lowest BCUT2D eigenvalue weighted by Gasteiger charge is -2.38. The van der Waals surface area contributed by atoms with Gasteiger partial charge >= 0.3 is 0 Å². The van der Waals surface area contributed by atoms with Gasteiger partial charge in [-0.1, -0.05) is 6.92 Å². The van der Waals surface area contributed by atoms with Crippen molar-refractivity contribution in [2.45, 2.75) is 45.7 Å². The smallest absolute Gasteiger partial charge is 0.0193 e. The Balaban J connectivity index is 2.27. The Hall–Kier alpha value is -0.120. The van der Waals surface area contributed by atoms with Crippen molar-refractivity contribution in [1.82, 2.24) is 15.1 Å². The van der Waals surface area contributed by atoms with E-state index < -0.39 is 0 Å². The zero-order valence-electron chi connectivity index (χ0n) is 11.7. The van der Waals surface area contributed by atoms with Gasteiger partial charge in [-0.05, 0) is 34.2 Å². The van der Waals surface area contributed by atoms with Crippen molar-refractivity contribution < 1.29 is 0 Å². The summed E-state index contributed by atoms with van der Waals surface area (Å²) < 4.78 is 0. The molecular formula is C13H29N3. The van der Waals surface area contributed by atoms with Crippen LogP contribution in [0, 0.1) is 0 Å². The van der Waals surface area contributed by atoms with Crippen molar-refractivity contribution in [2.24, 2.45) is 0 Å². The number of nitrogens with one attached hydrogen (secondary N) is 1. The number of hydrogen-bond donors (Lipinski definition) is 1. The van der Waals surface area contributed by atoms with Crippen LogP contribution < -0.4 is 5.32 Å². The van der Waals surface area contributed by atoms with Gasteiger partial charge in [0.05, 0.1) is 0 Å². The van der Waals surface area contributed by atoms with Crippen molar-refractivity contribution in [3.63, 3.8) is 0 Å². The maximum atomic E-state index is 3.66. The molecule has 0 amide bonds. The van der Waals surface area contributed by atoms with Crippen LogP contribution in [0.3, 0.4) is 0 Å². The molecule has 1 saturated heterocycles. The van der Waals surface area contributed by atoms with Crippen LogP contribution in [0.1, 0.15) is 34.1 Å². The summed E-state index contributed by atoms with van der Waals surface area (Å²) in [4.78, 5) is 5.01. The van der Waals surface area contributed by atoms with Gasteiger partial charge in [0.15, 0.2) is 0 Å². The fourth-order valence-electron chi connectivity index (χ4n) is 1.94. The summed E-state index contributed by atoms with van der Waals surface area (Å²) in [7, 11) is 2.21. The van der Waals surface area contributed by atoms with Gasteiger partial charge in [0.2, 0.25) is 0 Å². The van der Waals surface area contributed by atoms with Crippen molar-refractivity contribution in [3.8, 4) is 0 Å². The summed E-state index contributed by atoms with van der Waals surface area (Å²) in [6.07, 6.45) is 1.18. The lowest BCUT2D eigenvalue weighted by molar-refractivity contribution is 0.113. The molecule has 0 spiro atoms. The van der Waals surface area contributed by atoms with E-state index in [0.717, 1.165) is 6.54 Å². The molecule has 0 radical (unpaired) electrons. The van der Waals surface area contributed by atoms with Gasteiger partial charge in [-0.2, -0.15) is 0 Å². The fraction of sp³-hybridized carbons (Fsp3) is 1.00. The minimum absolute atomic E-state index is 0.279. The number of piperazine rings is 1. The predicted molar refractivity (Wildman–Crippen MR) is 70.9 cm³/mol. The third kappa shape index (κ3) is 4.40. The zero-order chi connectivity index (χ0) is 12.2. The minimum atomic E-state index is 0.279. The molecule has 1 rings (SSSR count). The van der Waals surface area contributed by atoms with E-state index in [-0.39, 0.29) is 5.54 Å². The number of rotatable bonds is 5. The van der Waals surface area contributed by atoms with E-state index in [4.69, 9.17) is 0 Å². The Morgan fingerprint density at radius 3 is 2.25 bits per heavy atom. The van der Waals surface area contributed by atoms with Crippen molar-refractivity contribution in [1.29, 1.82) is 0 Å². The van der Waals surface area contributed by atoms with Crippen molar-refractivity contribution in [2.75, 3.05) is 39.8 Å². The van der Waals surface area contributed by atoms with Crippen LogP contribution >= 0.6 is 0 Å². The maximum Gasteiger partial charge on any atom is 0.0193 e. The molecule has 0 aromatic heterocycles. The molecule has 3 nitrogen and oxygen atoms in total. The first-order valence-corrected chi connectivity index (χ1v) is 6.62. The van der Waals surface area contributed by atoms with Crippen LogP contribution in [0.15, 0.2) is 0 Å². The van der Waals surface area contributed by atoms with Crippen LogP contribution in [0.5, 0.6) is 0 Å². The Labute approximate surface area is 101 Å². The fourth-order valence-corrected chi connectivity index (χ4v) is 1.94. The Bertz CT molecular complexity index is 195. The first kappa shape index (κ1) is 13.9. The first-order chi connectivity index (χ1) is 7.44. The highest BCUT2D eigenvalue weighted by molar-refractivity contribution is 4.81. The minimum Gasteiger partial charge on any atom is -0.310 e. The maximum absolute atomic E-state index is 3.66. The first-order valence-electron chi connectivity index (χ1n) is 6.62. The molecule has 1 N–H and O–H groups in total. The topological polar surface area (TPSA) is 18.5 Å². The second-order valence-corrected chi connectivity index (χ2v) is 5.81. The Morgan fingerprint density at radius 1 is 1.19 bits per heavy atom. The van der Waals surface area contributed by atoms with Crippen LogP contribution in [0.4, 0.5) is 0 Å². The average Bonchev–Trinajstić information content (AvgIpc) is 2.27. The van der Waals surface area contributed by atoms with E-state index in [1.54, 1.807) is 0 Å². The monoisotopic (exact) mass is 227 g/mol. The van der Waals surface area contributed by atoms with E-state index >= 15 is 0 Å². The standard InChI is InChI=1S/C13H29N3/c1-6-13(3,4)14-11-12(2)16-9-7-15(5)8-10-16/h12,14H,6-11H2,1-5H3. The Morgan fingerprint density at radius 2 is 1.75 bits per heavy atom. The molecule has 16 heavy (non-hydrogen) atoms. The molecule has 1 heterocycles. The zero-order valence-corrected chi connectivity index (χ0v) is 11.7.